The maximum Gasteiger partial charge on any atom is 0.309 e. The highest BCUT2D eigenvalue weighted by atomic mass is 16.5. The Kier molecular flexibility index (Phi) is 6.69. The fourth-order valence-electron chi connectivity index (χ4n) is 3.46. The SMILES string of the molecule is CCOC(=O)C1CCN(C(=O)C(C)Oc2ccc(-c3ccccc3)cc2)CC1. The van der Waals surface area contributed by atoms with Gasteiger partial charge in [-0.25, -0.2) is 0 Å². The van der Waals surface area contributed by atoms with Crippen LogP contribution in [0.15, 0.2) is 54.6 Å². The molecule has 3 rings (SSSR count). The van der Waals surface area contributed by atoms with E-state index >= 15 is 0 Å². The van der Waals surface area contributed by atoms with Crippen molar-refractivity contribution in [2.24, 2.45) is 5.92 Å². The Bertz CT molecular complexity index is 780. The molecule has 0 spiro atoms. The van der Waals surface area contributed by atoms with E-state index in [2.05, 4.69) is 12.1 Å². The quantitative estimate of drug-likeness (QED) is 0.712. The summed E-state index contributed by atoms with van der Waals surface area (Å²) in [5.74, 6) is 0.361. The van der Waals surface area contributed by atoms with Gasteiger partial charge in [0.1, 0.15) is 5.75 Å². The van der Waals surface area contributed by atoms with E-state index in [0.29, 0.717) is 38.3 Å². The molecule has 1 unspecified atom stereocenters. The number of carbonyl (C=O) groups is 2. The largest absolute Gasteiger partial charge is 0.481 e. The zero-order valence-electron chi connectivity index (χ0n) is 16.5. The minimum absolute atomic E-state index is 0.0468. The van der Waals surface area contributed by atoms with Gasteiger partial charge in [0.05, 0.1) is 12.5 Å². The van der Waals surface area contributed by atoms with Crippen molar-refractivity contribution >= 4 is 11.9 Å². The summed E-state index contributed by atoms with van der Waals surface area (Å²) in [6.07, 6.45) is 0.716. The molecule has 1 atom stereocenters. The Morgan fingerprint density at radius 3 is 2.21 bits per heavy atom. The van der Waals surface area contributed by atoms with E-state index in [1.807, 2.05) is 49.4 Å². The first-order valence-electron chi connectivity index (χ1n) is 9.86. The number of nitrogens with zero attached hydrogens (tertiary/aromatic N) is 1. The van der Waals surface area contributed by atoms with Crippen LogP contribution in [0.4, 0.5) is 0 Å². The second kappa shape index (κ2) is 9.40. The number of carbonyl (C=O) groups excluding carboxylic acids is 2. The van der Waals surface area contributed by atoms with E-state index < -0.39 is 6.10 Å². The summed E-state index contributed by atoms with van der Waals surface area (Å²) >= 11 is 0. The number of ether oxygens (including phenoxy) is 2. The van der Waals surface area contributed by atoms with Crippen LogP contribution in [-0.2, 0) is 14.3 Å². The minimum atomic E-state index is -0.568. The number of hydrogen-bond donors (Lipinski definition) is 0. The van der Waals surface area contributed by atoms with Gasteiger partial charge in [-0.3, -0.25) is 9.59 Å². The number of rotatable bonds is 6. The molecule has 0 aromatic heterocycles. The van der Waals surface area contributed by atoms with Crippen molar-refractivity contribution in [3.63, 3.8) is 0 Å². The van der Waals surface area contributed by atoms with E-state index in [0.717, 1.165) is 11.1 Å². The van der Waals surface area contributed by atoms with Crippen LogP contribution in [0.5, 0.6) is 5.75 Å². The standard InChI is InChI=1S/C23H27NO4/c1-3-27-23(26)20-13-15-24(16-14-20)22(25)17(2)28-21-11-9-19(10-12-21)18-7-5-4-6-8-18/h4-12,17,20H,3,13-16H2,1-2H3. The van der Waals surface area contributed by atoms with Gasteiger partial charge < -0.3 is 14.4 Å². The van der Waals surface area contributed by atoms with Crippen molar-refractivity contribution in [3.8, 4) is 16.9 Å². The maximum absolute atomic E-state index is 12.7. The van der Waals surface area contributed by atoms with Gasteiger partial charge in [0, 0.05) is 13.1 Å². The summed E-state index contributed by atoms with van der Waals surface area (Å²) in [6.45, 7) is 5.09. The third kappa shape index (κ3) is 4.91. The summed E-state index contributed by atoms with van der Waals surface area (Å²) in [5.41, 5.74) is 2.25. The molecule has 0 aliphatic carbocycles. The lowest BCUT2D eigenvalue weighted by atomic mass is 9.97. The molecule has 0 N–H and O–H groups in total. The Labute approximate surface area is 166 Å². The molecule has 0 radical (unpaired) electrons. The zero-order chi connectivity index (χ0) is 19.9. The molecule has 2 aromatic rings. The number of hydrogen-bond acceptors (Lipinski definition) is 4. The van der Waals surface area contributed by atoms with Crippen molar-refractivity contribution in [2.45, 2.75) is 32.8 Å². The van der Waals surface area contributed by atoms with Crippen molar-refractivity contribution in [2.75, 3.05) is 19.7 Å². The number of benzene rings is 2. The van der Waals surface area contributed by atoms with Crippen LogP contribution < -0.4 is 4.74 Å². The van der Waals surface area contributed by atoms with Crippen molar-refractivity contribution < 1.29 is 19.1 Å². The molecule has 1 amide bonds. The lowest BCUT2D eigenvalue weighted by Crippen LogP contribution is -2.45. The molecule has 2 aromatic carbocycles. The van der Waals surface area contributed by atoms with Gasteiger partial charge in [-0.15, -0.1) is 0 Å². The van der Waals surface area contributed by atoms with Crippen LogP contribution in [-0.4, -0.2) is 42.6 Å². The molecule has 28 heavy (non-hydrogen) atoms. The summed E-state index contributed by atoms with van der Waals surface area (Å²) in [4.78, 5) is 26.3. The third-order valence-electron chi connectivity index (χ3n) is 5.05. The molecule has 148 valence electrons. The first-order valence-corrected chi connectivity index (χ1v) is 9.86. The monoisotopic (exact) mass is 381 g/mol. The fourth-order valence-corrected chi connectivity index (χ4v) is 3.46. The molecule has 1 aliphatic heterocycles. The van der Waals surface area contributed by atoms with E-state index in [9.17, 15) is 9.59 Å². The van der Waals surface area contributed by atoms with E-state index in [1.165, 1.54) is 0 Å². The number of amides is 1. The number of esters is 1. The Morgan fingerprint density at radius 2 is 1.61 bits per heavy atom. The highest BCUT2D eigenvalue weighted by Gasteiger charge is 2.30. The summed E-state index contributed by atoms with van der Waals surface area (Å²) in [6, 6.07) is 17.9. The van der Waals surface area contributed by atoms with Crippen molar-refractivity contribution in [1.29, 1.82) is 0 Å². The molecule has 0 bridgehead atoms. The van der Waals surface area contributed by atoms with Gasteiger partial charge in [-0.1, -0.05) is 42.5 Å². The van der Waals surface area contributed by atoms with E-state index in [4.69, 9.17) is 9.47 Å². The highest BCUT2D eigenvalue weighted by Crippen LogP contribution is 2.24. The molecule has 5 nitrogen and oxygen atoms in total. The molecule has 5 heteroatoms. The molecule has 1 aliphatic rings. The van der Waals surface area contributed by atoms with Crippen molar-refractivity contribution in [3.05, 3.63) is 54.6 Å². The Balaban J connectivity index is 1.53. The number of likely N-dealkylation sites (tertiary alicyclic amines) is 1. The normalized spacial score (nSPS) is 15.7. The summed E-state index contributed by atoms with van der Waals surface area (Å²) < 4.78 is 10.9. The average Bonchev–Trinajstić information content (AvgIpc) is 2.74. The fraction of sp³-hybridized carbons (Fsp3) is 0.391. The van der Waals surface area contributed by atoms with Gasteiger partial charge in [-0.05, 0) is 49.9 Å². The lowest BCUT2D eigenvalue weighted by molar-refractivity contribution is -0.152. The molecule has 1 heterocycles. The zero-order valence-corrected chi connectivity index (χ0v) is 16.5. The molecule has 0 saturated carbocycles. The second-order valence-electron chi connectivity index (χ2n) is 7.00. The first kappa shape index (κ1) is 19.9. The first-order chi connectivity index (χ1) is 13.6. The summed E-state index contributed by atoms with van der Waals surface area (Å²) in [5, 5.41) is 0. The van der Waals surface area contributed by atoms with E-state index in [1.54, 1.807) is 11.8 Å². The predicted octanol–water partition coefficient (Wildman–Crippen LogP) is 3.92. The average molecular weight is 381 g/mol. The maximum atomic E-state index is 12.7. The van der Waals surface area contributed by atoms with Crippen LogP contribution in [0.2, 0.25) is 0 Å². The topological polar surface area (TPSA) is 55.8 Å². The highest BCUT2D eigenvalue weighted by molar-refractivity contribution is 5.81. The van der Waals surface area contributed by atoms with Gasteiger partial charge in [0.15, 0.2) is 6.10 Å². The van der Waals surface area contributed by atoms with Crippen LogP contribution >= 0.6 is 0 Å². The predicted molar refractivity (Wildman–Crippen MR) is 108 cm³/mol. The minimum Gasteiger partial charge on any atom is -0.481 e. The van der Waals surface area contributed by atoms with Crippen LogP contribution in [0, 0.1) is 5.92 Å². The molecule has 1 fully saturated rings. The molecular weight excluding hydrogens is 354 g/mol. The van der Waals surface area contributed by atoms with Crippen LogP contribution in [0.25, 0.3) is 11.1 Å². The van der Waals surface area contributed by atoms with Crippen LogP contribution in [0.1, 0.15) is 26.7 Å². The molecular formula is C23H27NO4. The number of piperidine rings is 1. The summed E-state index contributed by atoms with van der Waals surface area (Å²) in [7, 11) is 0. The van der Waals surface area contributed by atoms with Gasteiger partial charge in [-0.2, -0.15) is 0 Å². The van der Waals surface area contributed by atoms with Crippen LogP contribution in [0.3, 0.4) is 0 Å². The molecule has 1 saturated heterocycles. The second-order valence-corrected chi connectivity index (χ2v) is 7.00. The van der Waals surface area contributed by atoms with Gasteiger partial charge >= 0.3 is 5.97 Å². The Hall–Kier alpha value is -2.82. The van der Waals surface area contributed by atoms with Crippen molar-refractivity contribution in [1.82, 2.24) is 4.90 Å². The Morgan fingerprint density at radius 1 is 1.00 bits per heavy atom. The van der Waals surface area contributed by atoms with Gasteiger partial charge in [0.2, 0.25) is 0 Å². The smallest absolute Gasteiger partial charge is 0.309 e. The third-order valence-corrected chi connectivity index (χ3v) is 5.05. The van der Waals surface area contributed by atoms with E-state index in [-0.39, 0.29) is 17.8 Å². The van der Waals surface area contributed by atoms with Gasteiger partial charge in [0.25, 0.3) is 5.91 Å². The lowest BCUT2D eigenvalue weighted by Gasteiger charge is -2.32.